The molecule has 0 spiro atoms. The molecule has 1 atom stereocenters. The van der Waals surface area contributed by atoms with E-state index in [0.29, 0.717) is 11.5 Å². The molecule has 0 radical (unpaired) electrons. The second-order valence-electron chi connectivity index (χ2n) is 5.69. The molecule has 1 fully saturated rings. The summed E-state index contributed by atoms with van der Waals surface area (Å²) in [7, 11) is 1.77. The van der Waals surface area contributed by atoms with Crippen molar-refractivity contribution in [2.45, 2.75) is 31.2 Å². The van der Waals surface area contributed by atoms with Gasteiger partial charge in [0, 0.05) is 5.56 Å². The molecule has 0 heterocycles. The third-order valence-corrected chi connectivity index (χ3v) is 4.38. The van der Waals surface area contributed by atoms with Crippen molar-refractivity contribution in [3.05, 3.63) is 70.8 Å². The Morgan fingerprint density at radius 2 is 1.90 bits per heavy atom. The van der Waals surface area contributed by atoms with Crippen LogP contribution in [-0.2, 0) is 0 Å². The highest BCUT2D eigenvalue weighted by atomic mass is 19.1. The lowest BCUT2D eigenvalue weighted by Crippen LogP contribution is -2.20. The zero-order valence-corrected chi connectivity index (χ0v) is 12.1. The van der Waals surface area contributed by atoms with E-state index in [9.17, 15) is 8.78 Å². The van der Waals surface area contributed by atoms with Gasteiger partial charge in [-0.3, -0.25) is 0 Å². The minimum absolute atomic E-state index is 0.333. The minimum Gasteiger partial charge on any atom is -0.309 e. The van der Waals surface area contributed by atoms with Gasteiger partial charge in [0.1, 0.15) is 11.6 Å². The van der Waals surface area contributed by atoms with E-state index in [0.717, 1.165) is 11.6 Å². The second-order valence-corrected chi connectivity index (χ2v) is 5.69. The van der Waals surface area contributed by atoms with Gasteiger partial charge >= 0.3 is 0 Å². The third kappa shape index (κ3) is 2.84. The van der Waals surface area contributed by atoms with Gasteiger partial charge in [-0.05, 0) is 55.1 Å². The van der Waals surface area contributed by atoms with Crippen LogP contribution < -0.4 is 5.32 Å². The van der Waals surface area contributed by atoms with E-state index < -0.39 is 5.82 Å². The van der Waals surface area contributed by atoms with E-state index in [4.69, 9.17) is 0 Å². The van der Waals surface area contributed by atoms with Crippen molar-refractivity contribution in [3.8, 4) is 0 Å². The molecular formula is C18H19F2N. The summed E-state index contributed by atoms with van der Waals surface area (Å²) in [4.78, 5) is 0. The van der Waals surface area contributed by atoms with Crippen LogP contribution in [0, 0.1) is 11.6 Å². The Bertz CT molecular complexity index is 635. The minimum atomic E-state index is -0.415. The smallest absolute Gasteiger partial charge is 0.128 e. The first-order chi connectivity index (χ1) is 10.2. The summed E-state index contributed by atoms with van der Waals surface area (Å²) < 4.78 is 27.5. The van der Waals surface area contributed by atoms with Crippen LogP contribution >= 0.6 is 0 Å². The van der Waals surface area contributed by atoms with Gasteiger partial charge in [-0.2, -0.15) is 0 Å². The summed E-state index contributed by atoms with van der Waals surface area (Å²) in [6.07, 6.45) is 3.73. The maximum absolute atomic E-state index is 14.0. The molecule has 1 unspecified atom stereocenters. The van der Waals surface area contributed by atoms with Gasteiger partial charge in [0.2, 0.25) is 0 Å². The van der Waals surface area contributed by atoms with Crippen molar-refractivity contribution in [1.29, 1.82) is 0 Å². The lowest BCUT2D eigenvalue weighted by atomic mass is 9.79. The molecule has 21 heavy (non-hydrogen) atoms. The summed E-state index contributed by atoms with van der Waals surface area (Å²) in [6.45, 7) is 0. The maximum Gasteiger partial charge on any atom is 0.128 e. The normalized spacial score (nSPS) is 16.5. The van der Waals surface area contributed by atoms with Crippen molar-refractivity contribution >= 4 is 0 Å². The van der Waals surface area contributed by atoms with Crippen molar-refractivity contribution < 1.29 is 8.78 Å². The highest BCUT2D eigenvalue weighted by Crippen LogP contribution is 2.37. The van der Waals surface area contributed by atoms with Crippen molar-refractivity contribution in [3.63, 3.8) is 0 Å². The Labute approximate surface area is 124 Å². The van der Waals surface area contributed by atoms with Crippen LogP contribution in [0.1, 0.15) is 47.9 Å². The van der Waals surface area contributed by atoms with Crippen LogP contribution in [0.4, 0.5) is 8.78 Å². The zero-order valence-electron chi connectivity index (χ0n) is 12.1. The molecule has 2 aromatic carbocycles. The van der Waals surface area contributed by atoms with E-state index in [2.05, 4.69) is 17.4 Å². The summed E-state index contributed by atoms with van der Waals surface area (Å²) >= 11 is 0. The van der Waals surface area contributed by atoms with Gasteiger partial charge in [-0.1, -0.05) is 30.7 Å². The van der Waals surface area contributed by atoms with E-state index in [1.807, 2.05) is 12.1 Å². The van der Waals surface area contributed by atoms with E-state index in [1.54, 1.807) is 7.05 Å². The fourth-order valence-corrected chi connectivity index (χ4v) is 2.97. The first kappa shape index (κ1) is 14.2. The molecule has 1 aliphatic rings. The third-order valence-electron chi connectivity index (χ3n) is 4.38. The number of rotatable bonds is 4. The first-order valence-corrected chi connectivity index (χ1v) is 7.41. The van der Waals surface area contributed by atoms with Crippen molar-refractivity contribution in [1.82, 2.24) is 5.32 Å². The molecule has 0 saturated heterocycles. The molecule has 110 valence electrons. The number of hydrogen-bond donors (Lipinski definition) is 1. The summed E-state index contributed by atoms with van der Waals surface area (Å²) in [6, 6.07) is 11.5. The lowest BCUT2D eigenvalue weighted by molar-refractivity contribution is 0.419. The largest absolute Gasteiger partial charge is 0.309 e. The Kier molecular flexibility index (Phi) is 4.02. The quantitative estimate of drug-likeness (QED) is 0.870. The molecule has 1 saturated carbocycles. The molecule has 0 bridgehead atoms. The molecule has 1 N–H and O–H groups in total. The predicted molar refractivity (Wildman–Crippen MR) is 80.3 cm³/mol. The van der Waals surface area contributed by atoms with E-state index in [-0.39, 0.29) is 11.9 Å². The number of halogens is 2. The monoisotopic (exact) mass is 287 g/mol. The molecule has 3 rings (SSSR count). The molecule has 0 amide bonds. The Balaban J connectivity index is 1.97. The SMILES string of the molecule is CNC(c1cccc(C2CCC2)c1)c1cc(F)ccc1F. The fourth-order valence-electron chi connectivity index (χ4n) is 2.97. The highest BCUT2D eigenvalue weighted by Gasteiger charge is 2.22. The van der Waals surface area contributed by atoms with Crippen LogP contribution in [0.15, 0.2) is 42.5 Å². The number of hydrogen-bond acceptors (Lipinski definition) is 1. The average molecular weight is 287 g/mol. The van der Waals surface area contributed by atoms with Crippen LogP contribution in [0.2, 0.25) is 0 Å². The topological polar surface area (TPSA) is 12.0 Å². The standard InChI is InChI=1S/C18H19F2N/c1-21-18(16-11-15(19)8-9-17(16)20)14-7-3-6-13(10-14)12-4-2-5-12/h3,6-12,18,21H,2,4-5H2,1H3. The number of nitrogens with one attached hydrogen (secondary N) is 1. The van der Waals surface area contributed by atoms with Crippen LogP contribution in [-0.4, -0.2) is 7.05 Å². The molecular weight excluding hydrogens is 268 g/mol. The zero-order chi connectivity index (χ0) is 14.8. The van der Waals surface area contributed by atoms with Crippen LogP contribution in [0.25, 0.3) is 0 Å². The van der Waals surface area contributed by atoms with E-state index >= 15 is 0 Å². The molecule has 1 nitrogen and oxygen atoms in total. The Morgan fingerprint density at radius 1 is 1.10 bits per heavy atom. The maximum atomic E-state index is 14.0. The fraction of sp³-hybridized carbons (Fsp3) is 0.333. The van der Waals surface area contributed by atoms with Crippen molar-refractivity contribution in [2.24, 2.45) is 0 Å². The summed E-state index contributed by atoms with van der Waals surface area (Å²) in [5, 5.41) is 3.10. The Hall–Kier alpha value is -1.74. The molecule has 2 aromatic rings. The molecule has 0 aromatic heterocycles. The lowest BCUT2D eigenvalue weighted by Gasteiger charge is -2.27. The second kappa shape index (κ2) is 5.94. The predicted octanol–water partition coefficient (Wildman–Crippen LogP) is 4.54. The van der Waals surface area contributed by atoms with Gasteiger partial charge in [0.05, 0.1) is 6.04 Å². The van der Waals surface area contributed by atoms with Crippen LogP contribution in [0.5, 0.6) is 0 Å². The number of benzene rings is 2. The first-order valence-electron chi connectivity index (χ1n) is 7.41. The van der Waals surface area contributed by atoms with Crippen molar-refractivity contribution in [2.75, 3.05) is 7.05 Å². The highest BCUT2D eigenvalue weighted by molar-refractivity contribution is 5.36. The van der Waals surface area contributed by atoms with Gasteiger partial charge in [-0.15, -0.1) is 0 Å². The van der Waals surface area contributed by atoms with Gasteiger partial charge < -0.3 is 5.32 Å². The Morgan fingerprint density at radius 3 is 2.57 bits per heavy atom. The van der Waals surface area contributed by atoms with Gasteiger partial charge in [0.25, 0.3) is 0 Å². The average Bonchev–Trinajstić information content (AvgIpc) is 2.42. The van der Waals surface area contributed by atoms with Gasteiger partial charge in [0.15, 0.2) is 0 Å². The summed E-state index contributed by atoms with van der Waals surface area (Å²) in [5.41, 5.74) is 2.63. The van der Waals surface area contributed by atoms with E-state index in [1.165, 1.54) is 37.0 Å². The molecule has 0 aliphatic heterocycles. The van der Waals surface area contributed by atoms with Crippen LogP contribution in [0.3, 0.4) is 0 Å². The van der Waals surface area contributed by atoms with Gasteiger partial charge in [-0.25, -0.2) is 8.78 Å². The molecule has 3 heteroatoms. The summed E-state index contributed by atoms with van der Waals surface area (Å²) in [5.74, 6) is -0.175. The molecule has 1 aliphatic carbocycles.